The molecule has 7 nitrogen and oxygen atoms in total. The number of furan rings is 1. The minimum absolute atomic E-state index is 0.138. The summed E-state index contributed by atoms with van der Waals surface area (Å²) in [5, 5.41) is 15.9. The van der Waals surface area contributed by atoms with Crippen molar-refractivity contribution in [1.29, 1.82) is 0 Å². The van der Waals surface area contributed by atoms with Crippen LogP contribution in [0.15, 0.2) is 77.3 Å². The second-order valence-corrected chi connectivity index (χ2v) is 6.34. The Morgan fingerprint density at radius 1 is 1.04 bits per heavy atom. The molecule has 0 aliphatic rings. The Hall–Kier alpha value is -3.71. The van der Waals surface area contributed by atoms with Crippen LogP contribution in [0.2, 0.25) is 5.02 Å². The van der Waals surface area contributed by atoms with Gasteiger partial charge in [0, 0.05) is 16.8 Å². The zero-order valence-corrected chi connectivity index (χ0v) is 15.0. The third-order valence-corrected chi connectivity index (χ3v) is 4.34. The van der Waals surface area contributed by atoms with Gasteiger partial charge in [0.05, 0.1) is 17.3 Å². The van der Waals surface area contributed by atoms with Crippen LogP contribution in [0.4, 0.5) is 5.88 Å². The lowest BCUT2D eigenvalue weighted by atomic mass is 10.0. The van der Waals surface area contributed by atoms with Crippen molar-refractivity contribution in [1.82, 2.24) is 9.78 Å². The number of aromatic nitrogens is 2. The maximum Gasteiger partial charge on any atom is 0.433 e. The summed E-state index contributed by atoms with van der Waals surface area (Å²) < 4.78 is 6.81. The van der Waals surface area contributed by atoms with Crippen LogP contribution in [-0.2, 0) is 0 Å². The molecule has 4 aromatic rings. The minimum atomic E-state index is -0.640. The summed E-state index contributed by atoms with van der Waals surface area (Å²) in [7, 11) is 0. The fraction of sp³-hybridized carbons (Fsp3) is 0. The Morgan fingerprint density at radius 2 is 1.75 bits per heavy atom. The van der Waals surface area contributed by atoms with Gasteiger partial charge in [-0.25, -0.2) is 4.68 Å². The second kappa shape index (κ2) is 7.13. The molecule has 2 aromatic heterocycles. The third-order valence-electron chi connectivity index (χ3n) is 4.09. The van der Waals surface area contributed by atoms with E-state index in [4.69, 9.17) is 16.0 Å². The summed E-state index contributed by atoms with van der Waals surface area (Å²) in [5.74, 6) is -0.583. The van der Waals surface area contributed by atoms with Crippen molar-refractivity contribution in [3.8, 4) is 17.1 Å². The van der Waals surface area contributed by atoms with Gasteiger partial charge in [0.1, 0.15) is 10.6 Å². The number of halogens is 1. The zero-order chi connectivity index (χ0) is 19.7. The van der Waals surface area contributed by atoms with Crippen molar-refractivity contribution in [2.45, 2.75) is 0 Å². The van der Waals surface area contributed by atoms with Crippen LogP contribution in [0.1, 0.15) is 15.9 Å². The van der Waals surface area contributed by atoms with E-state index >= 15 is 0 Å². The number of rotatable bonds is 5. The van der Waals surface area contributed by atoms with Gasteiger partial charge in [0.15, 0.2) is 11.5 Å². The first kappa shape index (κ1) is 17.7. The quantitative estimate of drug-likeness (QED) is 0.272. The number of carbonyl (C=O) groups excluding carboxylic acids is 1. The molecule has 0 radical (unpaired) electrons. The molecule has 0 atom stereocenters. The van der Waals surface area contributed by atoms with Crippen LogP contribution in [0.3, 0.4) is 0 Å². The summed E-state index contributed by atoms with van der Waals surface area (Å²) in [6, 6.07) is 18.3. The highest BCUT2D eigenvalue weighted by atomic mass is 35.5. The normalized spacial score (nSPS) is 10.8. The van der Waals surface area contributed by atoms with Crippen molar-refractivity contribution in [3.05, 3.63) is 99.2 Å². The SMILES string of the molecule is O=C(c1ccc(Cl)cc1)c1cn(-c2ccccc2)nc1-c1ccc([N+](=O)[O-])o1. The lowest BCUT2D eigenvalue weighted by Gasteiger charge is -2.00. The molecule has 2 aromatic carbocycles. The molecule has 138 valence electrons. The summed E-state index contributed by atoms with van der Waals surface area (Å²) in [4.78, 5) is 23.4. The molecule has 4 rings (SSSR count). The first-order chi connectivity index (χ1) is 13.5. The van der Waals surface area contributed by atoms with E-state index in [2.05, 4.69) is 5.10 Å². The third kappa shape index (κ3) is 3.30. The van der Waals surface area contributed by atoms with E-state index in [1.165, 1.54) is 16.8 Å². The average molecular weight is 394 g/mol. The van der Waals surface area contributed by atoms with Crippen molar-refractivity contribution < 1.29 is 14.1 Å². The highest BCUT2D eigenvalue weighted by Gasteiger charge is 2.24. The summed E-state index contributed by atoms with van der Waals surface area (Å²) in [6.07, 6.45) is 1.58. The summed E-state index contributed by atoms with van der Waals surface area (Å²) in [5.41, 5.74) is 1.63. The van der Waals surface area contributed by atoms with E-state index in [0.717, 1.165) is 5.69 Å². The summed E-state index contributed by atoms with van der Waals surface area (Å²) in [6.45, 7) is 0. The molecule has 2 heterocycles. The van der Waals surface area contributed by atoms with E-state index in [-0.39, 0.29) is 22.8 Å². The lowest BCUT2D eigenvalue weighted by molar-refractivity contribution is -0.401. The highest BCUT2D eigenvalue weighted by molar-refractivity contribution is 6.30. The Morgan fingerprint density at radius 3 is 2.39 bits per heavy atom. The van der Waals surface area contributed by atoms with Gasteiger partial charge in [-0.2, -0.15) is 5.10 Å². The van der Waals surface area contributed by atoms with Gasteiger partial charge in [-0.05, 0) is 42.5 Å². The number of benzene rings is 2. The summed E-state index contributed by atoms with van der Waals surface area (Å²) >= 11 is 5.90. The number of hydrogen-bond donors (Lipinski definition) is 0. The van der Waals surface area contributed by atoms with E-state index in [1.807, 2.05) is 30.3 Å². The zero-order valence-electron chi connectivity index (χ0n) is 14.3. The Kier molecular flexibility index (Phi) is 4.50. The van der Waals surface area contributed by atoms with Crippen LogP contribution in [-0.4, -0.2) is 20.5 Å². The number of ketones is 1. The fourth-order valence-electron chi connectivity index (χ4n) is 2.74. The van der Waals surface area contributed by atoms with Crippen LogP contribution >= 0.6 is 11.6 Å². The Bertz CT molecular complexity index is 1160. The lowest BCUT2D eigenvalue weighted by Crippen LogP contribution is -2.01. The highest BCUT2D eigenvalue weighted by Crippen LogP contribution is 2.30. The van der Waals surface area contributed by atoms with Crippen LogP contribution in [0.25, 0.3) is 17.1 Å². The molecule has 0 bridgehead atoms. The van der Waals surface area contributed by atoms with E-state index in [1.54, 1.807) is 30.5 Å². The van der Waals surface area contributed by atoms with Crippen molar-refractivity contribution >= 4 is 23.3 Å². The molecular formula is C20H12ClN3O4. The van der Waals surface area contributed by atoms with Gasteiger partial charge in [-0.15, -0.1) is 0 Å². The minimum Gasteiger partial charge on any atom is -0.399 e. The van der Waals surface area contributed by atoms with Gasteiger partial charge < -0.3 is 4.42 Å². The van der Waals surface area contributed by atoms with Crippen LogP contribution in [0, 0.1) is 10.1 Å². The van der Waals surface area contributed by atoms with Crippen molar-refractivity contribution in [2.24, 2.45) is 0 Å². The van der Waals surface area contributed by atoms with Crippen molar-refractivity contribution in [3.63, 3.8) is 0 Å². The number of nitrogens with zero attached hydrogens (tertiary/aromatic N) is 3. The van der Waals surface area contributed by atoms with Crippen LogP contribution in [0.5, 0.6) is 0 Å². The molecule has 0 aliphatic heterocycles. The maximum absolute atomic E-state index is 13.1. The number of hydrogen-bond acceptors (Lipinski definition) is 5. The van der Waals surface area contributed by atoms with Gasteiger partial charge in [-0.1, -0.05) is 29.8 Å². The predicted molar refractivity (Wildman–Crippen MR) is 103 cm³/mol. The molecule has 0 amide bonds. The number of nitro groups is 1. The molecule has 28 heavy (non-hydrogen) atoms. The largest absolute Gasteiger partial charge is 0.433 e. The molecule has 0 saturated carbocycles. The molecular weight excluding hydrogens is 382 g/mol. The van der Waals surface area contributed by atoms with Gasteiger partial charge >= 0.3 is 5.88 Å². The molecule has 8 heteroatoms. The smallest absolute Gasteiger partial charge is 0.399 e. The molecule has 0 unspecified atom stereocenters. The number of carbonyl (C=O) groups is 1. The molecule has 0 spiro atoms. The Labute approximate surface area is 163 Å². The van der Waals surface area contributed by atoms with Crippen molar-refractivity contribution in [2.75, 3.05) is 0 Å². The molecule has 0 aliphatic carbocycles. The van der Waals surface area contributed by atoms with Gasteiger partial charge in [0.2, 0.25) is 0 Å². The fourth-order valence-corrected chi connectivity index (χ4v) is 2.87. The van der Waals surface area contributed by atoms with E-state index in [0.29, 0.717) is 10.6 Å². The molecule has 0 N–H and O–H groups in total. The first-order valence-electron chi connectivity index (χ1n) is 8.23. The molecule has 0 fully saturated rings. The van der Waals surface area contributed by atoms with Crippen LogP contribution < -0.4 is 0 Å². The van der Waals surface area contributed by atoms with E-state index in [9.17, 15) is 14.9 Å². The second-order valence-electron chi connectivity index (χ2n) is 5.90. The number of para-hydroxylation sites is 1. The standard InChI is InChI=1S/C20H12ClN3O4/c21-14-8-6-13(7-9-14)20(25)16-12-23(15-4-2-1-3-5-15)22-19(16)17-10-11-18(28-17)24(26)27/h1-12H. The Balaban J connectivity index is 1.85. The topological polar surface area (TPSA) is 91.2 Å². The average Bonchev–Trinajstić information content (AvgIpc) is 3.36. The van der Waals surface area contributed by atoms with Gasteiger partial charge in [-0.3, -0.25) is 14.9 Å². The van der Waals surface area contributed by atoms with Gasteiger partial charge in [0.25, 0.3) is 0 Å². The maximum atomic E-state index is 13.1. The molecule has 0 saturated heterocycles. The first-order valence-corrected chi connectivity index (χ1v) is 8.60. The predicted octanol–water partition coefficient (Wildman–Crippen LogP) is 4.92. The monoisotopic (exact) mass is 393 g/mol. The van der Waals surface area contributed by atoms with E-state index < -0.39 is 10.8 Å².